The molecule has 1 saturated heterocycles. The minimum absolute atomic E-state index is 0.198. The number of hydrogen-bond acceptors (Lipinski definition) is 4. The Balaban J connectivity index is 1.70. The highest BCUT2D eigenvalue weighted by atomic mass is 16.6. The van der Waals surface area contributed by atoms with Gasteiger partial charge < -0.3 is 9.64 Å². The van der Waals surface area contributed by atoms with Crippen LogP contribution in [0.15, 0.2) is 12.3 Å². The SMILES string of the molecule is Cc1cc2c(cn1)C(=O)C1(CCN(C(=O)OC(C)(C)C)CC1)C2. The number of amides is 1. The molecule has 124 valence electrons. The number of nitrogens with zero attached hydrogens (tertiary/aromatic N) is 2. The van der Waals surface area contributed by atoms with Crippen molar-refractivity contribution >= 4 is 11.9 Å². The molecule has 3 rings (SSSR count). The number of carbonyl (C=O) groups excluding carboxylic acids is 2. The van der Waals surface area contributed by atoms with Gasteiger partial charge in [-0.05, 0) is 58.6 Å². The van der Waals surface area contributed by atoms with Crippen LogP contribution in [0.1, 0.15) is 55.2 Å². The fourth-order valence-electron chi connectivity index (χ4n) is 3.55. The van der Waals surface area contributed by atoms with Gasteiger partial charge in [0.15, 0.2) is 5.78 Å². The van der Waals surface area contributed by atoms with Gasteiger partial charge >= 0.3 is 6.09 Å². The maximum atomic E-state index is 12.8. The highest BCUT2D eigenvalue weighted by Crippen LogP contribution is 2.44. The summed E-state index contributed by atoms with van der Waals surface area (Å²) in [4.78, 5) is 31.0. The Hall–Kier alpha value is -1.91. The molecule has 0 aromatic carbocycles. The van der Waals surface area contributed by atoms with Gasteiger partial charge in [0, 0.05) is 36.0 Å². The van der Waals surface area contributed by atoms with Crippen molar-refractivity contribution in [2.75, 3.05) is 13.1 Å². The van der Waals surface area contributed by atoms with E-state index in [1.807, 2.05) is 33.8 Å². The van der Waals surface area contributed by atoms with Crippen molar-refractivity contribution in [2.45, 2.75) is 52.6 Å². The Morgan fingerprint density at radius 1 is 1.30 bits per heavy atom. The van der Waals surface area contributed by atoms with Gasteiger partial charge in [-0.25, -0.2) is 4.79 Å². The molecular weight excluding hydrogens is 292 g/mol. The molecule has 0 radical (unpaired) electrons. The number of ketones is 1. The van der Waals surface area contributed by atoms with E-state index in [9.17, 15) is 9.59 Å². The van der Waals surface area contributed by atoms with Gasteiger partial charge in [0.1, 0.15) is 5.60 Å². The first-order valence-electron chi connectivity index (χ1n) is 8.18. The van der Waals surface area contributed by atoms with Gasteiger partial charge in [0.2, 0.25) is 0 Å². The van der Waals surface area contributed by atoms with Crippen LogP contribution in [-0.4, -0.2) is 40.5 Å². The molecule has 0 bridgehead atoms. The van der Waals surface area contributed by atoms with Gasteiger partial charge in [0.05, 0.1) is 0 Å². The van der Waals surface area contributed by atoms with Gasteiger partial charge in [-0.1, -0.05) is 0 Å². The lowest BCUT2D eigenvalue weighted by molar-refractivity contribution is 0.0114. The summed E-state index contributed by atoms with van der Waals surface area (Å²) >= 11 is 0. The quantitative estimate of drug-likeness (QED) is 0.738. The second-order valence-corrected chi connectivity index (χ2v) is 7.74. The Labute approximate surface area is 137 Å². The van der Waals surface area contributed by atoms with Gasteiger partial charge in [-0.15, -0.1) is 0 Å². The Kier molecular flexibility index (Phi) is 3.69. The van der Waals surface area contributed by atoms with E-state index in [0.717, 1.165) is 23.2 Å². The van der Waals surface area contributed by atoms with Crippen LogP contribution >= 0.6 is 0 Å². The predicted octanol–water partition coefficient (Wildman–Crippen LogP) is 3.15. The molecule has 5 heteroatoms. The van der Waals surface area contributed by atoms with E-state index in [2.05, 4.69) is 4.98 Å². The topological polar surface area (TPSA) is 59.5 Å². The first kappa shape index (κ1) is 16.0. The van der Waals surface area contributed by atoms with Crippen LogP contribution in [0.3, 0.4) is 0 Å². The normalized spacial score (nSPS) is 19.8. The fourth-order valence-corrected chi connectivity index (χ4v) is 3.55. The molecule has 1 amide bonds. The first-order chi connectivity index (χ1) is 10.7. The molecule has 1 aromatic rings. The molecule has 5 nitrogen and oxygen atoms in total. The van der Waals surface area contributed by atoms with E-state index in [-0.39, 0.29) is 17.3 Å². The third-order valence-electron chi connectivity index (χ3n) is 4.75. The monoisotopic (exact) mass is 316 g/mol. The van der Waals surface area contributed by atoms with E-state index in [1.54, 1.807) is 11.1 Å². The number of carbonyl (C=O) groups is 2. The first-order valence-corrected chi connectivity index (χ1v) is 8.18. The van der Waals surface area contributed by atoms with Crippen LogP contribution < -0.4 is 0 Å². The number of aromatic nitrogens is 1. The fraction of sp³-hybridized carbons (Fsp3) is 0.611. The third-order valence-corrected chi connectivity index (χ3v) is 4.75. The summed E-state index contributed by atoms with van der Waals surface area (Å²) in [7, 11) is 0. The standard InChI is InChI=1S/C18H24N2O3/c1-12-9-13-10-18(15(21)14(13)11-19-12)5-7-20(8-6-18)16(22)23-17(2,3)4/h9,11H,5-8,10H2,1-4H3. The molecule has 0 atom stereocenters. The van der Waals surface area contributed by atoms with Crippen LogP contribution in [0.25, 0.3) is 0 Å². The Morgan fingerprint density at radius 3 is 2.57 bits per heavy atom. The van der Waals surface area contributed by atoms with Crippen LogP contribution in [0.4, 0.5) is 4.79 Å². The molecule has 1 aliphatic heterocycles. The minimum Gasteiger partial charge on any atom is -0.444 e. The van der Waals surface area contributed by atoms with Crippen molar-refractivity contribution in [1.82, 2.24) is 9.88 Å². The second-order valence-electron chi connectivity index (χ2n) is 7.74. The number of piperidine rings is 1. The average Bonchev–Trinajstić information content (AvgIpc) is 2.70. The number of aryl methyl sites for hydroxylation is 1. The maximum Gasteiger partial charge on any atom is 0.410 e. The summed E-state index contributed by atoms with van der Waals surface area (Å²) in [6, 6.07) is 2.02. The zero-order chi connectivity index (χ0) is 16.8. The number of hydrogen-bond donors (Lipinski definition) is 0. The summed E-state index contributed by atoms with van der Waals surface area (Å²) in [5.41, 5.74) is 1.97. The predicted molar refractivity (Wildman–Crippen MR) is 86.5 cm³/mol. The molecule has 0 unspecified atom stereocenters. The summed E-state index contributed by atoms with van der Waals surface area (Å²) < 4.78 is 5.42. The summed E-state index contributed by atoms with van der Waals surface area (Å²) in [5, 5.41) is 0. The van der Waals surface area contributed by atoms with Crippen molar-refractivity contribution in [3.05, 3.63) is 29.1 Å². The van der Waals surface area contributed by atoms with E-state index in [1.165, 1.54) is 0 Å². The lowest BCUT2D eigenvalue weighted by Gasteiger charge is -2.38. The number of pyridine rings is 1. The van der Waals surface area contributed by atoms with Crippen molar-refractivity contribution in [1.29, 1.82) is 0 Å². The molecule has 2 heterocycles. The number of likely N-dealkylation sites (tertiary alicyclic amines) is 1. The van der Waals surface area contributed by atoms with Gasteiger partial charge in [0.25, 0.3) is 0 Å². The summed E-state index contributed by atoms with van der Waals surface area (Å²) in [6.07, 6.45) is 3.58. The second kappa shape index (κ2) is 5.32. The highest BCUT2D eigenvalue weighted by Gasteiger charge is 2.48. The number of fused-ring (bicyclic) bond motifs is 1. The van der Waals surface area contributed by atoms with Crippen molar-refractivity contribution in [3.8, 4) is 0 Å². The molecular formula is C18H24N2O3. The molecule has 1 aromatic heterocycles. The van der Waals surface area contributed by atoms with Crippen molar-refractivity contribution in [2.24, 2.45) is 5.41 Å². The molecule has 0 N–H and O–H groups in total. The Bertz CT molecular complexity index is 653. The van der Waals surface area contributed by atoms with Crippen molar-refractivity contribution in [3.63, 3.8) is 0 Å². The van der Waals surface area contributed by atoms with Crippen LogP contribution in [0.5, 0.6) is 0 Å². The van der Waals surface area contributed by atoms with E-state index < -0.39 is 5.60 Å². The largest absolute Gasteiger partial charge is 0.444 e. The van der Waals surface area contributed by atoms with Gasteiger partial charge in [-0.2, -0.15) is 0 Å². The number of Topliss-reactive ketones (excluding diaryl/α,β-unsaturated/α-hetero) is 1. The van der Waals surface area contributed by atoms with Gasteiger partial charge in [-0.3, -0.25) is 9.78 Å². The van der Waals surface area contributed by atoms with E-state index >= 15 is 0 Å². The third kappa shape index (κ3) is 2.96. The minimum atomic E-state index is -0.491. The van der Waals surface area contributed by atoms with Crippen LogP contribution in [0, 0.1) is 12.3 Å². The molecule has 1 aliphatic carbocycles. The Morgan fingerprint density at radius 2 is 1.96 bits per heavy atom. The maximum absolute atomic E-state index is 12.8. The molecule has 1 fully saturated rings. The number of rotatable bonds is 0. The van der Waals surface area contributed by atoms with Crippen LogP contribution in [0.2, 0.25) is 0 Å². The molecule has 1 spiro atoms. The zero-order valence-corrected chi connectivity index (χ0v) is 14.3. The van der Waals surface area contributed by atoms with E-state index in [0.29, 0.717) is 25.9 Å². The lowest BCUT2D eigenvalue weighted by Crippen LogP contribution is -2.47. The average molecular weight is 316 g/mol. The smallest absolute Gasteiger partial charge is 0.410 e. The number of ether oxygens (including phenoxy) is 1. The zero-order valence-electron chi connectivity index (χ0n) is 14.3. The summed E-state index contributed by atoms with van der Waals surface area (Å²) in [6.45, 7) is 8.68. The highest BCUT2D eigenvalue weighted by molar-refractivity contribution is 6.04. The summed E-state index contributed by atoms with van der Waals surface area (Å²) in [5.74, 6) is 0.198. The molecule has 23 heavy (non-hydrogen) atoms. The van der Waals surface area contributed by atoms with E-state index in [4.69, 9.17) is 4.74 Å². The van der Waals surface area contributed by atoms with Crippen molar-refractivity contribution < 1.29 is 14.3 Å². The lowest BCUT2D eigenvalue weighted by atomic mass is 9.75. The van der Waals surface area contributed by atoms with Crippen LogP contribution in [-0.2, 0) is 11.2 Å². The molecule has 2 aliphatic rings. The molecule has 0 saturated carbocycles.